The number of phenols is 1. The van der Waals surface area contributed by atoms with E-state index in [-0.39, 0.29) is 35.2 Å². The largest absolute Gasteiger partial charge is 0.507 e. The van der Waals surface area contributed by atoms with E-state index >= 15 is 4.39 Å². The molecule has 1 atom stereocenters. The average molecular weight is 507 g/mol. The summed E-state index contributed by atoms with van der Waals surface area (Å²) in [7, 11) is 0. The molecule has 4 rings (SSSR count). The first kappa shape index (κ1) is 25.9. The summed E-state index contributed by atoms with van der Waals surface area (Å²) in [5.74, 6) is 5.43. The molecule has 1 aromatic carbocycles. The molecule has 0 bridgehead atoms. The van der Waals surface area contributed by atoms with Crippen molar-refractivity contribution in [3.63, 3.8) is 0 Å². The predicted octanol–water partition coefficient (Wildman–Crippen LogP) is 4.37. The highest BCUT2D eigenvalue weighted by Crippen LogP contribution is 2.30. The lowest BCUT2D eigenvalue weighted by Crippen LogP contribution is -2.43. The van der Waals surface area contributed by atoms with E-state index < -0.39 is 11.5 Å². The van der Waals surface area contributed by atoms with Crippen molar-refractivity contribution < 1.29 is 19.0 Å². The molecule has 1 fully saturated rings. The van der Waals surface area contributed by atoms with Crippen LogP contribution in [0.4, 0.5) is 15.0 Å². The van der Waals surface area contributed by atoms with Crippen LogP contribution in [0.15, 0.2) is 36.5 Å². The number of ether oxygens (including phenoxy) is 1. The van der Waals surface area contributed by atoms with Gasteiger partial charge in [-0.25, -0.2) is 9.48 Å². The van der Waals surface area contributed by atoms with Crippen molar-refractivity contribution in [2.75, 3.05) is 18.8 Å². The van der Waals surface area contributed by atoms with Crippen LogP contribution in [0.3, 0.4) is 0 Å². The maximum Gasteiger partial charge on any atom is 0.410 e. The number of benzene rings is 1. The number of carbonyl (C=O) groups is 1. The smallest absolute Gasteiger partial charge is 0.410 e. The number of likely N-dealkylation sites (tertiary alicyclic amines) is 1. The standard InChI is InChI=1S/C27H31FN6O3/c1-17(18-11-13-33(14-12-18)26(36)37-27(2,3)4)34-24(28)20(16-30-34)10-9-19-15-22(31-32-25(19)29)21-7-5-6-8-23(21)35/h5-8,15-18,35H,11-14H2,1-4H3,(H2,29,32). The Kier molecular flexibility index (Phi) is 7.34. The number of anilines is 1. The zero-order chi connectivity index (χ0) is 26.7. The van der Waals surface area contributed by atoms with Gasteiger partial charge in [0.05, 0.1) is 29.1 Å². The number of piperidine rings is 1. The fourth-order valence-corrected chi connectivity index (χ4v) is 4.26. The highest BCUT2D eigenvalue weighted by Gasteiger charge is 2.31. The lowest BCUT2D eigenvalue weighted by Gasteiger charge is -2.35. The van der Waals surface area contributed by atoms with Crippen LogP contribution in [0, 0.1) is 23.7 Å². The average Bonchev–Trinajstić information content (AvgIpc) is 3.22. The first-order valence-corrected chi connectivity index (χ1v) is 12.2. The number of amides is 1. The molecule has 3 heterocycles. The van der Waals surface area contributed by atoms with E-state index in [0.717, 1.165) is 12.8 Å². The Morgan fingerprint density at radius 2 is 1.86 bits per heavy atom. The lowest BCUT2D eigenvalue weighted by atomic mass is 9.90. The third kappa shape index (κ3) is 6.00. The summed E-state index contributed by atoms with van der Waals surface area (Å²) >= 11 is 0. The molecule has 2 aromatic heterocycles. The van der Waals surface area contributed by atoms with Crippen molar-refractivity contribution in [3.8, 4) is 28.8 Å². The van der Waals surface area contributed by atoms with Crippen molar-refractivity contribution in [2.45, 2.75) is 52.2 Å². The zero-order valence-electron chi connectivity index (χ0n) is 21.4. The quantitative estimate of drug-likeness (QED) is 0.506. The molecule has 194 valence electrons. The number of phenolic OH excluding ortho intramolecular Hbond substituents is 1. The molecule has 37 heavy (non-hydrogen) atoms. The SMILES string of the molecule is CC(C1CCN(C(=O)OC(C)(C)C)CC1)n1ncc(C#Cc2cc(-c3ccccc3O)nnc2N)c1F. The summed E-state index contributed by atoms with van der Waals surface area (Å²) < 4.78 is 22.1. The molecule has 0 saturated carbocycles. The Hall–Kier alpha value is -4.13. The summed E-state index contributed by atoms with van der Waals surface area (Å²) in [4.78, 5) is 14.0. The van der Waals surface area contributed by atoms with Crippen LogP contribution in [0.1, 0.15) is 57.7 Å². The Morgan fingerprint density at radius 3 is 2.54 bits per heavy atom. The van der Waals surface area contributed by atoms with Gasteiger partial charge in [-0.1, -0.05) is 24.0 Å². The molecule has 1 aliphatic rings. The van der Waals surface area contributed by atoms with E-state index in [2.05, 4.69) is 27.1 Å². The second-order valence-corrected chi connectivity index (χ2v) is 10.1. The van der Waals surface area contributed by atoms with Crippen LogP contribution in [-0.4, -0.2) is 54.8 Å². The number of hydrogen-bond acceptors (Lipinski definition) is 7. The number of nitrogens with two attached hydrogens (primary N) is 1. The fraction of sp³-hybridized carbons (Fsp3) is 0.407. The molecule has 9 nitrogen and oxygen atoms in total. The molecule has 0 aliphatic carbocycles. The van der Waals surface area contributed by atoms with Crippen molar-refractivity contribution in [1.82, 2.24) is 24.9 Å². The van der Waals surface area contributed by atoms with Crippen molar-refractivity contribution in [3.05, 3.63) is 53.6 Å². The van der Waals surface area contributed by atoms with E-state index in [1.54, 1.807) is 35.2 Å². The second-order valence-electron chi connectivity index (χ2n) is 10.1. The number of aromatic hydroxyl groups is 1. The zero-order valence-corrected chi connectivity index (χ0v) is 21.4. The molecular formula is C27H31FN6O3. The lowest BCUT2D eigenvalue weighted by molar-refractivity contribution is 0.0160. The predicted molar refractivity (Wildman–Crippen MR) is 137 cm³/mol. The topological polar surface area (TPSA) is 119 Å². The minimum absolute atomic E-state index is 0.0544. The van der Waals surface area contributed by atoms with E-state index in [4.69, 9.17) is 10.5 Å². The minimum Gasteiger partial charge on any atom is -0.507 e. The van der Waals surface area contributed by atoms with Crippen LogP contribution >= 0.6 is 0 Å². The van der Waals surface area contributed by atoms with E-state index in [0.29, 0.717) is 29.9 Å². The summed E-state index contributed by atoms with van der Waals surface area (Å²) in [6.45, 7) is 8.54. The number of nitrogens with zero attached hydrogens (tertiary/aromatic N) is 5. The van der Waals surface area contributed by atoms with Gasteiger partial charge in [0.25, 0.3) is 0 Å². The Balaban J connectivity index is 1.46. The van der Waals surface area contributed by atoms with E-state index in [1.807, 2.05) is 27.7 Å². The molecular weight excluding hydrogens is 475 g/mol. The summed E-state index contributed by atoms with van der Waals surface area (Å²) in [5.41, 5.74) is 6.78. The van der Waals surface area contributed by atoms with Crippen molar-refractivity contribution in [2.24, 2.45) is 5.92 Å². The van der Waals surface area contributed by atoms with Crippen LogP contribution in [0.2, 0.25) is 0 Å². The van der Waals surface area contributed by atoms with Crippen LogP contribution in [-0.2, 0) is 4.74 Å². The van der Waals surface area contributed by atoms with Gasteiger partial charge in [-0.2, -0.15) is 9.49 Å². The number of halogens is 1. The number of carbonyl (C=O) groups excluding carboxylic acids is 1. The van der Waals surface area contributed by atoms with Crippen molar-refractivity contribution in [1.29, 1.82) is 0 Å². The minimum atomic E-state index is -0.543. The molecule has 1 unspecified atom stereocenters. The third-order valence-electron chi connectivity index (χ3n) is 6.33. The first-order chi connectivity index (χ1) is 17.5. The molecule has 10 heteroatoms. The monoisotopic (exact) mass is 506 g/mol. The highest BCUT2D eigenvalue weighted by atomic mass is 19.1. The molecule has 1 aliphatic heterocycles. The normalized spacial score (nSPS) is 15.1. The van der Waals surface area contributed by atoms with Crippen LogP contribution < -0.4 is 5.73 Å². The molecule has 0 spiro atoms. The van der Waals surface area contributed by atoms with Gasteiger partial charge in [0.2, 0.25) is 5.95 Å². The third-order valence-corrected chi connectivity index (χ3v) is 6.33. The van der Waals surface area contributed by atoms with E-state index in [1.165, 1.54) is 10.9 Å². The maximum absolute atomic E-state index is 15.3. The molecule has 0 radical (unpaired) electrons. The Labute approximate surface area is 215 Å². The van der Waals surface area contributed by atoms with E-state index in [9.17, 15) is 9.90 Å². The summed E-state index contributed by atoms with van der Waals surface area (Å²) in [5, 5.41) is 22.3. The van der Waals surface area contributed by atoms with Gasteiger partial charge in [0.15, 0.2) is 5.82 Å². The maximum atomic E-state index is 15.3. The van der Waals surface area contributed by atoms with Crippen LogP contribution in [0.25, 0.3) is 11.3 Å². The number of aromatic nitrogens is 4. The number of hydrogen-bond donors (Lipinski definition) is 2. The fourth-order valence-electron chi connectivity index (χ4n) is 4.26. The van der Waals surface area contributed by atoms with Gasteiger partial charge in [0.1, 0.15) is 11.4 Å². The van der Waals surface area contributed by atoms with Gasteiger partial charge in [-0.15, -0.1) is 10.2 Å². The first-order valence-electron chi connectivity index (χ1n) is 12.2. The number of para-hydroxylation sites is 1. The van der Waals surface area contributed by atoms with Gasteiger partial charge < -0.3 is 20.5 Å². The second kappa shape index (κ2) is 10.5. The van der Waals surface area contributed by atoms with Gasteiger partial charge in [0, 0.05) is 18.7 Å². The Bertz CT molecular complexity index is 1350. The molecule has 1 saturated heterocycles. The van der Waals surface area contributed by atoms with Gasteiger partial charge in [-0.3, -0.25) is 0 Å². The Morgan fingerprint density at radius 1 is 1.19 bits per heavy atom. The molecule has 1 amide bonds. The summed E-state index contributed by atoms with van der Waals surface area (Å²) in [6.07, 6.45) is 2.50. The molecule has 3 aromatic rings. The van der Waals surface area contributed by atoms with Crippen molar-refractivity contribution >= 4 is 11.9 Å². The summed E-state index contributed by atoms with van der Waals surface area (Å²) in [6, 6.07) is 8.12. The number of nitrogen functional groups attached to an aromatic ring is 1. The van der Waals surface area contributed by atoms with Gasteiger partial charge >= 0.3 is 6.09 Å². The molecule has 3 N–H and O–H groups in total. The number of rotatable bonds is 3. The van der Waals surface area contributed by atoms with Crippen LogP contribution in [0.5, 0.6) is 5.75 Å². The van der Waals surface area contributed by atoms with Gasteiger partial charge in [-0.05, 0) is 64.7 Å². The highest BCUT2D eigenvalue weighted by molar-refractivity contribution is 5.69.